The van der Waals surface area contributed by atoms with Gasteiger partial charge in [0.05, 0.1) is 24.3 Å². The number of rotatable bonds is 5. The van der Waals surface area contributed by atoms with Gasteiger partial charge in [0.2, 0.25) is 0 Å². The molecule has 4 heterocycles. The SMILES string of the molecule is CN(C)C1CCN(C(=O)c2cnn(C)c2C(=O)NC2=CC3=NC(c4ccccc4)CN3C=C2)C1. The summed E-state index contributed by atoms with van der Waals surface area (Å²) in [5, 5.41) is 7.13. The summed E-state index contributed by atoms with van der Waals surface area (Å²) >= 11 is 0. The van der Waals surface area contributed by atoms with E-state index >= 15 is 0 Å². The number of aromatic nitrogens is 2. The molecule has 1 aromatic heterocycles. The summed E-state index contributed by atoms with van der Waals surface area (Å²) in [7, 11) is 5.71. The lowest BCUT2D eigenvalue weighted by Crippen LogP contribution is -2.36. The number of nitrogens with zero attached hydrogens (tertiary/aromatic N) is 6. The van der Waals surface area contributed by atoms with Crippen molar-refractivity contribution in [3.63, 3.8) is 0 Å². The number of amides is 2. The van der Waals surface area contributed by atoms with Crippen LogP contribution in [0.4, 0.5) is 0 Å². The molecule has 2 amide bonds. The Morgan fingerprint density at radius 3 is 2.68 bits per heavy atom. The fourth-order valence-corrected chi connectivity index (χ4v) is 4.67. The number of aliphatic imine (C=N–C) groups is 1. The molecule has 2 aromatic rings. The van der Waals surface area contributed by atoms with Crippen LogP contribution in [0.1, 0.15) is 38.9 Å². The summed E-state index contributed by atoms with van der Waals surface area (Å²) in [6.45, 7) is 2.08. The van der Waals surface area contributed by atoms with E-state index in [2.05, 4.69) is 32.3 Å². The summed E-state index contributed by atoms with van der Waals surface area (Å²) < 4.78 is 1.46. The van der Waals surface area contributed by atoms with Crippen LogP contribution < -0.4 is 5.32 Å². The van der Waals surface area contributed by atoms with Gasteiger partial charge in [0.25, 0.3) is 11.8 Å². The Hall–Kier alpha value is -3.72. The predicted molar refractivity (Wildman–Crippen MR) is 129 cm³/mol. The lowest BCUT2D eigenvalue weighted by molar-refractivity contribution is 0.0775. The van der Waals surface area contributed by atoms with E-state index in [1.807, 2.05) is 50.6 Å². The molecule has 0 radical (unpaired) electrons. The summed E-state index contributed by atoms with van der Waals surface area (Å²) in [5.74, 6) is 0.279. The molecule has 1 fully saturated rings. The third kappa shape index (κ3) is 4.14. The van der Waals surface area contributed by atoms with Crippen LogP contribution in [0.15, 0.2) is 65.6 Å². The molecule has 1 aromatic carbocycles. The molecule has 1 saturated heterocycles. The van der Waals surface area contributed by atoms with Crippen molar-refractivity contribution >= 4 is 17.6 Å². The van der Waals surface area contributed by atoms with Gasteiger partial charge in [-0.1, -0.05) is 30.3 Å². The lowest BCUT2D eigenvalue weighted by Gasteiger charge is -2.21. The molecule has 2 atom stereocenters. The van der Waals surface area contributed by atoms with Gasteiger partial charge in [-0.05, 0) is 32.2 Å². The number of allylic oxidation sites excluding steroid dienone is 1. The van der Waals surface area contributed by atoms with Crippen molar-refractivity contribution in [1.82, 2.24) is 29.8 Å². The topological polar surface area (TPSA) is 86.1 Å². The largest absolute Gasteiger partial charge is 0.337 e. The molecule has 0 bridgehead atoms. The van der Waals surface area contributed by atoms with Crippen molar-refractivity contribution in [2.24, 2.45) is 12.0 Å². The van der Waals surface area contributed by atoms with Crippen molar-refractivity contribution in [3.05, 3.63) is 77.4 Å². The summed E-state index contributed by atoms with van der Waals surface area (Å²) in [5.41, 5.74) is 2.37. The van der Waals surface area contributed by atoms with Crippen molar-refractivity contribution in [3.8, 4) is 0 Å². The van der Waals surface area contributed by atoms with E-state index in [1.54, 1.807) is 11.9 Å². The molecule has 3 aliphatic rings. The molecule has 0 aliphatic carbocycles. The first-order chi connectivity index (χ1) is 16.4. The molecule has 9 nitrogen and oxygen atoms in total. The molecule has 0 spiro atoms. The number of nitrogens with one attached hydrogen (secondary N) is 1. The van der Waals surface area contributed by atoms with Crippen molar-refractivity contribution < 1.29 is 9.59 Å². The van der Waals surface area contributed by atoms with Crippen molar-refractivity contribution in [2.45, 2.75) is 18.5 Å². The molecule has 5 rings (SSSR count). The van der Waals surface area contributed by atoms with E-state index < -0.39 is 0 Å². The van der Waals surface area contributed by atoms with Crippen molar-refractivity contribution in [1.29, 1.82) is 0 Å². The molecular weight excluding hydrogens is 430 g/mol. The van der Waals surface area contributed by atoms with Gasteiger partial charge in [0.15, 0.2) is 0 Å². The molecular formula is C25H29N7O2. The zero-order valence-electron chi connectivity index (χ0n) is 19.7. The van der Waals surface area contributed by atoms with Gasteiger partial charge in [-0.15, -0.1) is 0 Å². The molecule has 3 aliphatic heterocycles. The molecule has 2 unspecified atom stereocenters. The third-order valence-corrected chi connectivity index (χ3v) is 6.68. The maximum absolute atomic E-state index is 13.2. The second kappa shape index (κ2) is 8.90. The van der Waals surface area contributed by atoms with Crippen LogP contribution in [0, 0.1) is 0 Å². The second-order valence-corrected chi connectivity index (χ2v) is 9.12. The van der Waals surface area contributed by atoms with Crippen LogP contribution in [-0.4, -0.2) is 81.9 Å². The van der Waals surface area contributed by atoms with Gasteiger partial charge < -0.3 is 20.0 Å². The zero-order valence-corrected chi connectivity index (χ0v) is 19.7. The lowest BCUT2D eigenvalue weighted by atomic mass is 10.1. The Labute approximate surface area is 199 Å². The normalized spacial score (nSPS) is 21.5. The first kappa shape index (κ1) is 22.1. The van der Waals surface area contributed by atoms with E-state index in [0.717, 1.165) is 24.4 Å². The van der Waals surface area contributed by atoms with E-state index in [1.165, 1.54) is 10.9 Å². The van der Waals surface area contributed by atoms with Gasteiger partial charge in [-0.2, -0.15) is 5.10 Å². The van der Waals surface area contributed by atoms with Gasteiger partial charge in [-0.3, -0.25) is 19.3 Å². The van der Waals surface area contributed by atoms with Crippen LogP contribution in [0.3, 0.4) is 0 Å². The Balaban J connectivity index is 1.31. The average molecular weight is 460 g/mol. The summed E-state index contributed by atoms with van der Waals surface area (Å²) in [6.07, 6.45) is 8.04. The first-order valence-electron chi connectivity index (χ1n) is 11.5. The zero-order chi connectivity index (χ0) is 23.8. The first-order valence-corrected chi connectivity index (χ1v) is 11.5. The predicted octanol–water partition coefficient (Wildman–Crippen LogP) is 1.79. The third-order valence-electron chi connectivity index (χ3n) is 6.68. The van der Waals surface area contributed by atoms with Gasteiger partial charge >= 0.3 is 0 Å². The number of carbonyl (C=O) groups excluding carboxylic acids is 2. The van der Waals surface area contributed by atoms with Crippen LogP contribution in [0.25, 0.3) is 0 Å². The number of hydrogen-bond donors (Lipinski definition) is 1. The second-order valence-electron chi connectivity index (χ2n) is 9.12. The number of carbonyl (C=O) groups is 2. The Morgan fingerprint density at radius 1 is 1.15 bits per heavy atom. The average Bonchev–Trinajstić information content (AvgIpc) is 3.57. The summed E-state index contributed by atoms with van der Waals surface area (Å²) in [6, 6.07) is 10.6. The van der Waals surface area contributed by atoms with Crippen LogP contribution in [0.2, 0.25) is 0 Å². The number of benzene rings is 1. The van der Waals surface area contributed by atoms with Crippen LogP contribution in [-0.2, 0) is 7.05 Å². The minimum absolute atomic E-state index is 0.0555. The standard InChI is InChI=1S/C25H29N7O2/c1-29(2)19-10-12-32(15-19)25(34)20-14-26-30(3)23(20)24(33)27-18-9-11-31-16-21(28-22(31)13-18)17-7-5-4-6-8-17/h4-9,11,13-14,19,21H,10,12,15-16H2,1-3H3,(H,27,33). The highest BCUT2D eigenvalue weighted by Gasteiger charge is 2.32. The minimum atomic E-state index is -0.366. The maximum atomic E-state index is 13.2. The Bertz CT molecular complexity index is 1200. The number of likely N-dealkylation sites (tertiary alicyclic amines) is 1. The number of hydrogen-bond acceptors (Lipinski definition) is 6. The fraction of sp³-hybridized carbons (Fsp3) is 0.360. The maximum Gasteiger partial charge on any atom is 0.274 e. The number of likely N-dealkylation sites (N-methyl/N-ethyl adjacent to an activating group) is 1. The van der Waals surface area contributed by atoms with E-state index in [9.17, 15) is 9.59 Å². The Kier molecular flexibility index (Phi) is 5.79. The number of fused-ring (bicyclic) bond motifs is 1. The monoisotopic (exact) mass is 459 g/mol. The molecule has 34 heavy (non-hydrogen) atoms. The van der Waals surface area contributed by atoms with E-state index in [4.69, 9.17) is 4.99 Å². The van der Waals surface area contributed by atoms with E-state index in [-0.39, 0.29) is 23.6 Å². The minimum Gasteiger partial charge on any atom is -0.337 e. The van der Waals surface area contributed by atoms with Gasteiger partial charge in [0.1, 0.15) is 11.5 Å². The number of amidine groups is 1. The fourth-order valence-electron chi connectivity index (χ4n) is 4.67. The summed E-state index contributed by atoms with van der Waals surface area (Å²) in [4.78, 5) is 37.2. The molecule has 9 heteroatoms. The highest BCUT2D eigenvalue weighted by atomic mass is 16.2. The van der Waals surface area contributed by atoms with Crippen LogP contribution in [0.5, 0.6) is 0 Å². The molecule has 0 saturated carbocycles. The smallest absolute Gasteiger partial charge is 0.274 e. The van der Waals surface area contributed by atoms with E-state index in [0.29, 0.717) is 30.4 Å². The van der Waals surface area contributed by atoms with Gasteiger partial charge in [0, 0.05) is 44.2 Å². The quantitative estimate of drug-likeness (QED) is 0.737. The van der Waals surface area contributed by atoms with Gasteiger partial charge in [-0.25, -0.2) is 0 Å². The Morgan fingerprint density at radius 2 is 1.94 bits per heavy atom. The molecule has 1 N–H and O–H groups in total. The highest BCUT2D eigenvalue weighted by Crippen LogP contribution is 2.27. The van der Waals surface area contributed by atoms with Crippen molar-refractivity contribution in [2.75, 3.05) is 33.7 Å². The highest BCUT2D eigenvalue weighted by molar-refractivity contribution is 6.07. The molecule has 176 valence electrons. The van der Waals surface area contributed by atoms with Crippen LogP contribution >= 0.6 is 0 Å². The number of aryl methyl sites for hydroxylation is 1.